The first-order valence-corrected chi connectivity index (χ1v) is 4.92. The van der Waals surface area contributed by atoms with Crippen molar-refractivity contribution in [2.75, 3.05) is 6.54 Å². The van der Waals surface area contributed by atoms with Crippen LogP contribution < -0.4 is 5.73 Å². The summed E-state index contributed by atoms with van der Waals surface area (Å²) in [5.41, 5.74) is 6.54. The van der Waals surface area contributed by atoms with E-state index in [2.05, 4.69) is 11.8 Å². The molecule has 2 nitrogen and oxygen atoms in total. The van der Waals surface area contributed by atoms with Crippen molar-refractivity contribution in [1.82, 2.24) is 0 Å². The Kier molecular flexibility index (Phi) is 8.83. The van der Waals surface area contributed by atoms with E-state index in [0.29, 0.717) is 13.1 Å². The van der Waals surface area contributed by atoms with Crippen LogP contribution in [0.3, 0.4) is 0 Å². The maximum atomic E-state index is 6.33. The molecule has 0 aromatic heterocycles. The predicted octanol–water partition coefficient (Wildman–Crippen LogP) is 2.85. The number of nitrogens with zero attached hydrogens (tertiary/aromatic N) is 1. The normalized spacial score (nSPS) is 8.36. The molecule has 1 aromatic rings. The maximum Gasteiger partial charge on any atom is 0.214 e. The van der Waals surface area contributed by atoms with Crippen LogP contribution in [0.15, 0.2) is 30.3 Å². The molecule has 0 heterocycles. The largest absolute Gasteiger partial charge is 0.326 e. The molecule has 1 rings (SSSR count). The number of hydrogen-bond donors (Lipinski definition) is 1. The lowest BCUT2D eigenvalue weighted by Crippen LogP contribution is -1.94. The van der Waals surface area contributed by atoms with E-state index < -0.39 is 0 Å². The van der Waals surface area contributed by atoms with Crippen molar-refractivity contribution in [3.63, 3.8) is 0 Å². The second-order valence-corrected chi connectivity index (χ2v) is 2.92. The molecule has 0 saturated heterocycles. The summed E-state index contributed by atoms with van der Waals surface area (Å²) in [7, 11) is 0. The quantitative estimate of drug-likeness (QED) is 0.576. The van der Waals surface area contributed by atoms with Gasteiger partial charge in [0.2, 0.25) is 6.54 Å². The van der Waals surface area contributed by atoms with Crippen LogP contribution in [0.5, 0.6) is 0 Å². The Balaban J connectivity index is 0.000000255. The van der Waals surface area contributed by atoms with Crippen molar-refractivity contribution in [2.24, 2.45) is 5.73 Å². The fourth-order valence-electron chi connectivity index (χ4n) is 0.851. The van der Waals surface area contributed by atoms with Crippen LogP contribution in [0.2, 0.25) is 0 Å². The average Bonchev–Trinajstić information content (AvgIpc) is 2.28. The molecule has 0 fully saturated rings. The van der Waals surface area contributed by atoms with Gasteiger partial charge in [0.25, 0.3) is 0 Å². The van der Waals surface area contributed by atoms with E-state index in [-0.39, 0.29) is 0 Å². The zero-order chi connectivity index (χ0) is 10.6. The highest BCUT2D eigenvalue weighted by atomic mass is 14.6. The second kappa shape index (κ2) is 9.76. The van der Waals surface area contributed by atoms with E-state index in [0.717, 1.165) is 12.8 Å². The summed E-state index contributed by atoms with van der Waals surface area (Å²) in [5, 5.41) is 0. The number of rotatable bonds is 3. The summed E-state index contributed by atoms with van der Waals surface area (Å²) in [6, 6.07) is 9.99. The molecule has 0 aliphatic rings. The van der Waals surface area contributed by atoms with Gasteiger partial charge in [-0.2, -0.15) is 0 Å². The van der Waals surface area contributed by atoms with Gasteiger partial charge in [-0.15, -0.1) is 0 Å². The first kappa shape index (κ1) is 12.7. The minimum Gasteiger partial charge on any atom is -0.326 e. The zero-order valence-electron chi connectivity index (χ0n) is 8.74. The molecule has 0 atom stereocenters. The molecule has 1 aromatic carbocycles. The third kappa shape index (κ3) is 7.33. The summed E-state index contributed by atoms with van der Waals surface area (Å²) in [4.78, 5) is 3.18. The van der Waals surface area contributed by atoms with Crippen LogP contribution in [0.1, 0.15) is 25.3 Å². The molecule has 0 bridgehead atoms. The van der Waals surface area contributed by atoms with Crippen LogP contribution in [-0.2, 0) is 6.54 Å². The fourth-order valence-corrected chi connectivity index (χ4v) is 0.851. The third-order valence-corrected chi connectivity index (χ3v) is 1.70. The third-order valence-electron chi connectivity index (χ3n) is 1.70. The molecule has 0 aliphatic heterocycles. The fraction of sp³-hybridized carbons (Fsp3) is 0.417. The standard InChI is InChI=1S/C7H9N.C5H9N/c8-6-7-4-2-1-3-5-7;1-3-4-5-6-2/h1-5H,6,8H2;3-5H2,1H3. The lowest BCUT2D eigenvalue weighted by molar-refractivity contribution is 0.859. The lowest BCUT2D eigenvalue weighted by Gasteiger charge is -1.90. The van der Waals surface area contributed by atoms with Gasteiger partial charge in [0.1, 0.15) is 0 Å². The Labute approximate surface area is 86.6 Å². The number of hydrogen-bond acceptors (Lipinski definition) is 1. The first-order valence-electron chi connectivity index (χ1n) is 4.92. The van der Waals surface area contributed by atoms with Gasteiger partial charge in [-0.1, -0.05) is 37.3 Å². The highest BCUT2D eigenvalue weighted by molar-refractivity contribution is 5.13. The van der Waals surface area contributed by atoms with Crippen molar-refractivity contribution in [3.8, 4) is 0 Å². The average molecular weight is 190 g/mol. The smallest absolute Gasteiger partial charge is 0.214 e. The van der Waals surface area contributed by atoms with Crippen molar-refractivity contribution < 1.29 is 0 Å². The van der Waals surface area contributed by atoms with E-state index in [1.807, 2.05) is 30.3 Å². The topological polar surface area (TPSA) is 30.4 Å². The molecule has 0 saturated carbocycles. The SMILES string of the molecule is NCc1ccccc1.[C-]#[N+]CCCC. The van der Waals surface area contributed by atoms with Gasteiger partial charge < -0.3 is 10.6 Å². The second-order valence-electron chi connectivity index (χ2n) is 2.92. The van der Waals surface area contributed by atoms with Crippen molar-refractivity contribution in [2.45, 2.75) is 26.3 Å². The zero-order valence-corrected chi connectivity index (χ0v) is 8.74. The summed E-state index contributed by atoms with van der Waals surface area (Å²) < 4.78 is 0. The number of benzene rings is 1. The summed E-state index contributed by atoms with van der Waals surface area (Å²) in [5.74, 6) is 0. The molecule has 2 heteroatoms. The predicted molar refractivity (Wildman–Crippen MR) is 60.7 cm³/mol. The Morgan fingerprint density at radius 2 is 1.93 bits per heavy atom. The Morgan fingerprint density at radius 3 is 2.21 bits per heavy atom. The molecule has 2 N–H and O–H groups in total. The van der Waals surface area contributed by atoms with Crippen molar-refractivity contribution in [1.29, 1.82) is 0 Å². The minimum absolute atomic E-state index is 0.640. The molecular formula is C12H18N2. The number of unbranched alkanes of at least 4 members (excludes halogenated alkanes) is 1. The van der Waals surface area contributed by atoms with Gasteiger partial charge >= 0.3 is 0 Å². The van der Waals surface area contributed by atoms with Gasteiger partial charge in [-0.3, -0.25) is 0 Å². The lowest BCUT2D eigenvalue weighted by atomic mass is 10.2. The Hall–Kier alpha value is -1.33. The van der Waals surface area contributed by atoms with E-state index in [4.69, 9.17) is 12.3 Å². The molecule has 0 amide bonds. The summed E-state index contributed by atoms with van der Waals surface area (Å²) in [6.07, 6.45) is 2.20. The van der Waals surface area contributed by atoms with Gasteiger partial charge in [-0.25, -0.2) is 6.57 Å². The molecule has 14 heavy (non-hydrogen) atoms. The Bertz CT molecular complexity index is 249. The summed E-state index contributed by atoms with van der Waals surface area (Å²) >= 11 is 0. The summed E-state index contributed by atoms with van der Waals surface area (Å²) in [6.45, 7) is 9.76. The highest BCUT2D eigenvalue weighted by Crippen LogP contribution is 1.94. The van der Waals surface area contributed by atoms with Crippen LogP contribution in [-0.4, -0.2) is 6.54 Å². The highest BCUT2D eigenvalue weighted by Gasteiger charge is 1.80. The number of nitrogens with two attached hydrogens (primary N) is 1. The van der Waals surface area contributed by atoms with E-state index in [1.165, 1.54) is 5.56 Å². The first-order chi connectivity index (χ1) is 6.85. The molecular weight excluding hydrogens is 172 g/mol. The molecule has 0 aliphatic carbocycles. The van der Waals surface area contributed by atoms with Gasteiger partial charge in [0, 0.05) is 13.0 Å². The van der Waals surface area contributed by atoms with Gasteiger partial charge in [0.05, 0.1) is 0 Å². The van der Waals surface area contributed by atoms with Crippen molar-refractivity contribution in [3.05, 3.63) is 47.3 Å². The van der Waals surface area contributed by atoms with Crippen LogP contribution in [0.4, 0.5) is 0 Å². The van der Waals surface area contributed by atoms with E-state index in [9.17, 15) is 0 Å². The van der Waals surface area contributed by atoms with Gasteiger partial charge in [0.15, 0.2) is 0 Å². The Morgan fingerprint density at radius 1 is 1.29 bits per heavy atom. The van der Waals surface area contributed by atoms with Crippen molar-refractivity contribution >= 4 is 0 Å². The van der Waals surface area contributed by atoms with Crippen LogP contribution in [0.25, 0.3) is 4.85 Å². The molecule has 76 valence electrons. The molecule has 0 spiro atoms. The van der Waals surface area contributed by atoms with E-state index in [1.54, 1.807) is 0 Å². The maximum absolute atomic E-state index is 6.33. The molecule has 0 unspecified atom stereocenters. The monoisotopic (exact) mass is 190 g/mol. The minimum atomic E-state index is 0.640. The van der Waals surface area contributed by atoms with Crippen LogP contribution in [0, 0.1) is 6.57 Å². The van der Waals surface area contributed by atoms with E-state index >= 15 is 0 Å². The van der Waals surface area contributed by atoms with Crippen LogP contribution >= 0.6 is 0 Å². The van der Waals surface area contributed by atoms with Gasteiger partial charge in [-0.05, 0) is 12.0 Å². The molecule has 0 radical (unpaired) electrons.